The lowest BCUT2D eigenvalue weighted by atomic mass is 10.2. The number of rotatable bonds is 6. The summed E-state index contributed by atoms with van der Waals surface area (Å²) in [6.45, 7) is 2.17. The monoisotopic (exact) mass is 243 g/mol. The Balaban J connectivity index is 2.52. The number of hydrogen-bond donors (Lipinski definition) is 1. The van der Waals surface area contributed by atoms with Crippen molar-refractivity contribution in [3.63, 3.8) is 0 Å². The first-order chi connectivity index (χ1) is 7.54. The Kier molecular flexibility index (Phi) is 4.92. The van der Waals surface area contributed by atoms with Gasteiger partial charge < -0.3 is 10.1 Å². The Labute approximate surface area is 96.5 Å². The Hall–Kier alpha value is -0.910. The second kappa shape index (κ2) is 5.98. The van der Waals surface area contributed by atoms with E-state index in [1.165, 1.54) is 6.26 Å². The highest BCUT2D eigenvalue weighted by Gasteiger charge is 2.05. The van der Waals surface area contributed by atoms with Crippen molar-refractivity contribution in [3.8, 4) is 0 Å². The normalized spacial score (nSPS) is 11.6. The Morgan fingerprint density at radius 2 is 1.88 bits per heavy atom. The molecule has 0 radical (unpaired) electrons. The molecule has 0 aliphatic carbocycles. The zero-order valence-corrected chi connectivity index (χ0v) is 10.4. The first-order valence-corrected chi connectivity index (χ1v) is 6.92. The van der Waals surface area contributed by atoms with Gasteiger partial charge in [0.05, 0.1) is 11.5 Å². The number of benzene rings is 1. The molecule has 0 saturated carbocycles. The third-order valence-electron chi connectivity index (χ3n) is 2.16. The van der Waals surface area contributed by atoms with Crippen molar-refractivity contribution in [1.29, 1.82) is 0 Å². The summed E-state index contributed by atoms with van der Waals surface area (Å²) >= 11 is 0. The third-order valence-corrected chi connectivity index (χ3v) is 3.29. The molecule has 16 heavy (non-hydrogen) atoms. The minimum absolute atomic E-state index is 0.355. The number of methoxy groups -OCH3 is 1. The van der Waals surface area contributed by atoms with Crippen LogP contribution in [0.25, 0.3) is 0 Å². The van der Waals surface area contributed by atoms with Crippen LogP contribution in [0.15, 0.2) is 29.2 Å². The van der Waals surface area contributed by atoms with Gasteiger partial charge in [-0.25, -0.2) is 8.42 Å². The van der Waals surface area contributed by atoms with Crippen LogP contribution < -0.4 is 5.32 Å². The van der Waals surface area contributed by atoms with Crippen molar-refractivity contribution in [2.75, 3.05) is 26.5 Å². The van der Waals surface area contributed by atoms with Crippen LogP contribution in [0.3, 0.4) is 0 Å². The van der Waals surface area contributed by atoms with Crippen LogP contribution >= 0.6 is 0 Å². The van der Waals surface area contributed by atoms with E-state index in [0.717, 1.165) is 12.1 Å². The lowest BCUT2D eigenvalue weighted by molar-refractivity contribution is 0.199. The summed E-state index contributed by atoms with van der Waals surface area (Å²) in [5.41, 5.74) is 1.06. The van der Waals surface area contributed by atoms with E-state index < -0.39 is 9.84 Å². The van der Waals surface area contributed by atoms with Gasteiger partial charge in [-0.1, -0.05) is 12.1 Å². The molecule has 5 heteroatoms. The van der Waals surface area contributed by atoms with Gasteiger partial charge in [0.15, 0.2) is 9.84 Å². The van der Waals surface area contributed by atoms with E-state index in [0.29, 0.717) is 18.0 Å². The van der Waals surface area contributed by atoms with Crippen molar-refractivity contribution < 1.29 is 13.2 Å². The lowest BCUT2D eigenvalue weighted by Crippen LogP contribution is -2.18. The largest absolute Gasteiger partial charge is 0.383 e. The number of sulfone groups is 1. The van der Waals surface area contributed by atoms with Crippen LogP contribution in [-0.2, 0) is 21.1 Å². The molecule has 0 atom stereocenters. The molecule has 0 unspecified atom stereocenters. The zero-order valence-electron chi connectivity index (χ0n) is 9.56. The number of hydrogen-bond acceptors (Lipinski definition) is 4. The van der Waals surface area contributed by atoms with Gasteiger partial charge in [-0.3, -0.25) is 0 Å². The first-order valence-electron chi connectivity index (χ1n) is 5.02. The van der Waals surface area contributed by atoms with Gasteiger partial charge in [0.1, 0.15) is 0 Å². The molecule has 1 rings (SSSR count). The van der Waals surface area contributed by atoms with Crippen molar-refractivity contribution in [1.82, 2.24) is 5.32 Å². The van der Waals surface area contributed by atoms with Gasteiger partial charge in [0, 0.05) is 26.5 Å². The van der Waals surface area contributed by atoms with Crippen molar-refractivity contribution in [2.45, 2.75) is 11.4 Å². The molecule has 0 aliphatic heterocycles. The highest BCUT2D eigenvalue weighted by molar-refractivity contribution is 7.90. The Morgan fingerprint density at radius 3 is 2.38 bits per heavy atom. The molecular formula is C11H17NO3S. The molecule has 0 heterocycles. The maximum Gasteiger partial charge on any atom is 0.175 e. The predicted molar refractivity (Wildman–Crippen MR) is 63.1 cm³/mol. The van der Waals surface area contributed by atoms with Crippen LogP contribution in [0.2, 0.25) is 0 Å². The lowest BCUT2D eigenvalue weighted by Gasteiger charge is -2.05. The third kappa shape index (κ3) is 4.30. The summed E-state index contributed by atoms with van der Waals surface area (Å²) in [7, 11) is -1.43. The molecular weight excluding hydrogens is 226 g/mol. The summed E-state index contributed by atoms with van der Waals surface area (Å²) in [6, 6.07) is 6.89. The summed E-state index contributed by atoms with van der Waals surface area (Å²) in [4.78, 5) is 0.355. The second-order valence-corrected chi connectivity index (χ2v) is 5.60. The molecule has 0 spiro atoms. The van der Waals surface area contributed by atoms with E-state index in [-0.39, 0.29) is 0 Å². The molecule has 90 valence electrons. The highest BCUT2D eigenvalue weighted by Crippen LogP contribution is 2.09. The van der Waals surface area contributed by atoms with Crippen LogP contribution in [0, 0.1) is 0 Å². The van der Waals surface area contributed by atoms with E-state index in [1.807, 2.05) is 12.1 Å². The van der Waals surface area contributed by atoms with E-state index in [1.54, 1.807) is 19.2 Å². The van der Waals surface area contributed by atoms with E-state index in [9.17, 15) is 8.42 Å². The quantitative estimate of drug-likeness (QED) is 0.752. The van der Waals surface area contributed by atoms with Gasteiger partial charge >= 0.3 is 0 Å². The van der Waals surface area contributed by atoms with Gasteiger partial charge in [0.2, 0.25) is 0 Å². The van der Waals surface area contributed by atoms with E-state index in [4.69, 9.17) is 4.74 Å². The van der Waals surface area contributed by atoms with Crippen LogP contribution in [0.4, 0.5) is 0 Å². The second-order valence-electron chi connectivity index (χ2n) is 3.59. The molecule has 0 saturated heterocycles. The molecule has 0 aromatic heterocycles. The predicted octanol–water partition coefficient (Wildman–Crippen LogP) is 0.826. The SMILES string of the molecule is COCCNCc1ccc(S(C)(=O)=O)cc1. The smallest absolute Gasteiger partial charge is 0.175 e. The number of nitrogens with one attached hydrogen (secondary N) is 1. The average molecular weight is 243 g/mol. The van der Waals surface area contributed by atoms with Gasteiger partial charge in [-0.15, -0.1) is 0 Å². The van der Waals surface area contributed by atoms with Gasteiger partial charge in [0.25, 0.3) is 0 Å². The maximum atomic E-state index is 11.2. The molecule has 4 nitrogen and oxygen atoms in total. The summed E-state index contributed by atoms with van der Waals surface area (Å²) in [5, 5.41) is 3.19. The Bertz CT molecular complexity index is 411. The summed E-state index contributed by atoms with van der Waals surface area (Å²) in [5.74, 6) is 0. The van der Waals surface area contributed by atoms with E-state index in [2.05, 4.69) is 5.32 Å². The van der Waals surface area contributed by atoms with Crippen molar-refractivity contribution in [2.24, 2.45) is 0 Å². The molecule has 1 aromatic rings. The summed E-state index contributed by atoms with van der Waals surface area (Å²) < 4.78 is 27.3. The molecule has 0 aliphatic rings. The van der Waals surface area contributed by atoms with Crippen molar-refractivity contribution in [3.05, 3.63) is 29.8 Å². The fraction of sp³-hybridized carbons (Fsp3) is 0.455. The molecule has 0 amide bonds. The van der Waals surface area contributed by atoms with Crippen LogP contribution in [0.1, 0.15) is 5.56 Å². The minimum atomic E-state index is -3.09. The Morgan fingerprint density at radius 1 is 1.25 bits per heavy atom. The summed E-state index contributed by atoms with van der Waals surface area (Å²) in [6.07, 6.45) is 1.21. The van der Waals surface area contributed by atoms with Gasteiger partial charge in [-0.2, -0.15) is 0 Å². The average Bonchev–Trinajstić information content (AvgIpc) is 2.24. The van der Waals surface area contributed by atoms with Crippen LogP contribution in [-0.4, -0.2) is 34.9 Å². The molecule has 0 bridgehead atoms. The van der Waals surface area contributed by atoms with Gasteiger partial charge in [-0.05, 0) is 17.7 Å². The molecule has 1 aromatic carbocycles. The maximum absolute atomic E-state index is 11.2. The highest BCUT2D eigenvalue weighted by atomic mass is 32.2. The zero-order chi connectivity index (χ0) is 12.0. The fourth-order valence-corrected chi connectivity index (χ4v) is 1.89. The molecule has 0 fully saturated rings. The first kappa shape index (κ1) is 13.2. The van der Waals surface area contributed by atoms with Crippen molar-refractivity contribution >= 4 is 9.84 Å². The standard InChI is InChI=1S/C11H17NO3S/c1-15-8-7-12-9-10-3-5-11(6-4-10)16(2,13)14/h3-6,12H,7-9H2,1-2H3. The number of ether oxygens (including phenoxy) is 1. The van der Waals surface area contributed by atoms with E-state index >= 15 is 0 Å². The fourth-order valence-electron chi connectivity index (χ4n) is 1.26. The van der Waals surface area contributed by atoms with Crippen LogP contribution in [0.5, 0.6) is 0 Å². The molecule has 1 N–H and O–H groups in total. The minimum Gasteiger partial charge on any atom is -0.383 e. The topological polar surface area (TPSA) is 55.4 Å².